The normalized spacial score (nSPS) is 18.6. The Balaban J connectivity index is 2.00. The van der Waals surface area contributed by atoms with Crippen LogP contribution in [0.5, 0.6) is 0 Å². The Kier molecular flexibility index (Phi) is 5.43. The number of aromatic nitrogens is 1. The van der Waals surface area contributed by atoms with Gasteiger partial charge < -0.3 is 4.98 Å². The van der Waals surface area contributed by atoms with Crippen LogP contribution in [0.3, 0.4) is 0 Å². The van der Waals surface area contributed by atoms with Crippen LogP contribution in [-0.2, 0) is 10.0 Å². The van der Waals surface area contributed by atoms with Crippen molar-refractivity contribution in [2.75, 3.05) is 19.6 Å². The van der Waals surface area contributed by atoms with E-state index >= 15 is 0 Å². The molecule has 1 saturated heterocycles. The Morgan fingerprint density at radius 2 is 2.05 bits per heavy atom. The Morgan fingerprint density at radius 1 is 1.38 bits per heavy atom. The molecule has 1 atom stereocenters. The molecule has 0 aromatic carbocycles. The minimum absolute atomic E-state index is 0.0297. The molecule has 1 aromatic heterocycles. The number of piperidine rings is 1. The van der Waals surface area contributed by atoms with E-state index in [1.54, 1.807) is 0 Å². The lowest BCUT2D eigenvalue weighted by Crippen LogP contribution is -2.44. The first kappa shape index (κ1) is 16.5. The van der Waals surface area contributed by atoms with Crippen LogP contribution in [0, 0.1) is 0 Å². The SMILES string of the molecule is CC(CNS(=O)(=O)c1c[nH]c(=O)c(Cl)c1)N1CCCCC1. The summed E-state index contributed by atoms with van der Waals surface area (Å²) in [5, 5.41) is -0.137. The number of halogens is 1. The van der Waals surface area contributed by atoms with Gasteiger partial charge in [-0.25, -0.2) is 13.1 Å². The summed E-state index contributed by atoms with van der Waals surface area (Å²) in [7, 11) is -3.66. The number of sulfonamides is 1. The minimum Gasteiger partial charge on any atom is -0.326 e. The molecule has 21 heavy (non-hydrogen) atoms. The lowest BCUT2D eigenvalue weighted by Gasteiger charge is -2.32. The maximum atomic E-state index is 12.2. The van der Waals surface area contributed by atoms with Crippen molar-refractivity contribution in [3.63, 3.8) is 0 Å². The van der Waals surface area contributed by atoms with E-state index in [0.717, 1.165) is 38.2 Å². The van der Waals surface area contributed by atoms with E-state index in [4.69, 9.17) is 11.6 Å². The maximum absolute atomic E-state index is 12.2. The Morgan fingerprint density at radius 3 is 2.67 bits per heavy atom. The van der Waals surface area contributed by atoms with Crippen molar-refractivity contribution in [3.05, 3.63) is 27.6 Å². The van der Waals surface area contributed by atoms with Crippen LogP contribution in [0.15, 0.2) is 22.0 Å². The minimum atomic E-state index is -3.66. The third-order valence-electron chi connectivity index (χ3n) is 3.72. The summed E-state index contributed by atoms with van der Waals surface area (Å²) >= 11 is 5.66. The fourth-order valence-electron chi connectivity index (χ4n) is 2.39. The van der Waals surface area contributed by atoms with Crippen LogP contribution in [0.25, 0.3) is 0 Å². The Labute approximate surface area is 129 Å². The summed E-state index contributed by atoms with van der Waals surface area (Å²) < 4.78 is 26.9. The average molecular weight is 334 g/mol. The zero-order valence-electron chi connectivity index (χ0n) is 11.9. The third-order valence-corrected chi connectivity index (χ3v) is 5.41. The summed E-state index contributed by atoms with van der Waals surface area (Å²) in [5.74, 6) is 0. The lowest BCUT2D eigenvalue weighted by atomic mass is 10.1. The van der Waals surface area contributed by atoms with Gasteiger partial charge in [0.05, 0.1) is 4.90 Å². The zero-order chi connectivity index (χ0) is 15.5. The van der Waals surface area contributed by atoms with Crippen molar-refractivity contribution in [2.45, 2.75) is 37.1 Å². The first-order chi connectivity index (χ1) is 9.90. The topological polar surface area (TPSA) is 82.3 Å². The van der Waals surface area contributed by atoms with Crippen molar-refractivity contribution < 1.29 is 8.42 Å². The van der Waals surface area contributed by atoms with Gasteiger partial charge in [-0.15, -0.1) is 0 Å². The van der Waals surface area contributed by atoms with E-state index in [9.17, 15) is 13.2 Å². The van der Waals surface area contributed by atoms with Gasteiger partial charge in [-0.3, -0.25) is 9.69 Å². The molecule has 1 aliphatic rings. The molecule has 0 saturated carbocycles. The molecule has 6 nitrogen and oxygen atoms in total. The van der Waals surface area contributed by atoms with Gasteiger partial charge in [0.2, 0.25) is 10.0 Å². The fourth-order valence-corrected chi connectivity index (χ4v) is 3.75. The maximum Gasteiger partial charge on any atom is 0.266 e. The van der Waals surface area contributed by atoms with Gasteiger partial charge >= 0.3 is 0 Å². The van der Waals surface area contributed by atoms with Crippen LogP contribution >= 0.6 is 11.6 Å². The number of H-pyrrole nitrogens is 1. The number of hydrogen-bond acceptors (Lipinski definition) is 4. The number of nitrogens with zero attached hydrogens (tertiary/aromatic N) is 1. The van der Waals surface area contributed by atoms with Gasteiger partial charge in [0.15, 0.2) is 0 Å². The predicted molar refractivity (Wildman–Crippen MR) is 82.1 cm³/mol. The summed E-state index contributed by atoms with van der Waals surface area (Å²) in [5.41, 5.74) is -0.502. The largest absolute Gasteiger partial charge is 0.326 e. The second-order valence-corrected chi connectivity index (χ2v) is 7.48. The zero-order valence-corrected chi connectivity index (χ0v) is 13.5. The second kappa shape index (κ2) is 6.91. The second-order valence-electron chi connectivity index (χ2n) is 5.31. The molecular formula is C13H20ClN3O3S. The van der Waals surface area contributed by atoms with Gasteiger partial charge in [0.1, 0.15) is 5.02 Å². The van der Waals surface area contributed by atoms with Gasteiger partial charge in [0, 0.05) is 18.8 Å². The third kappa shape index (κ3) is 4.29. The van der Waals surface area contributed by atoms with Crippen molar-refractivity contribution >= 4 is 21.6 Å². The molecular weight excluding hydrogens is 314 g/mol. The number of likely N-dealkylation sites (tertiary alicyclic amines) is 1. The fraction of sp³-hybridized carbons (Fsp3) is 0.615. The highest BCUT2D eigenvalue weighted by molar-refractivity contribution is 7.89. The predicted octanol–water partition coefficient (Wildman–Crippen LogP) is 1.18. The van der Waals surface area contributed by atoms with Gasteiger partial charge in [-0.05, 0) is 38.9 Å². The smallest absolute Gasteiger partial charge is 0.266 e. The molecule has 8 heteroatoms. The van der Waals surface area contributed by atoms with Crippen molar-refractivity contribution in [3.8, 4) is 0 Å². The van der Waals surface area contributed by atoms with Crippen LogP contribution in [0.1, 0.15) is 26.2 Å². The average Bonchev–Trinajstić information content (AvgIpc) is 2.48. The van der Waals surface area contributed by atoms with Crippen LogP contribution < -0.4 is 10.3 Å². The Bertz CT molecular complexity index is 638. The molecule has 0 bridgehead atoms. The summed E-state index contributed by atoms with van der Waals surface area (Å²) in [6, 6.07) is 1.30. The molecule has 1 aliphatic heterocycles. The summed E-state index contributed by atoms with van der Waals surface area (Å²) in [4.78, 5) is 15.7. The molecule has 2 rings (SSSR count). The quantitative estimate of drug-likeness (QED) is 0.847. The highest BCUT2D eigenvalue weighted by Gasteiger charge is 2.20. The standard InChI is InChI=1S/C13H20ClN3O3S/c1-10(17-5-3-2-4-6-17)8-16-21(19,20)11-7-12(14)13(18)15-9-11/h7,9-10,16H,2-6,8H2,1H3,(H,15,18). The van der Waals surface area contributed by atoms with Crippen LogP contribution in [0.2, 0.25) is 5.02 Å². The number of rotatable bonds is 5. The first-order valence-corrected chi connectivity index (χ1v) is 8.88. The van der Waals surface area contributed by atoms with E-state index in [0.29, 0.717) is 6.54 Å². The molecule has 0 radical (unpaired) electrons. The number of nitrogens with one attached hydrogen (secondary N) is 2. The van der Waals surface area contributed by atoms with Crippen molar-refractivity contribution in [1.29, 1.82) is 0 Å². The summed E-state index contributed by atoms with van der Waals surface area (Å²) in [6.45, 7) is 4.35. The molecule has 1 fully saturated rings. The molecule has 1 unspecified atom stereocenters. The van der Waals surface area contributed by atoms with E-state index in [1.165, 1.54) is 6.42 Å². The van der Waals surface area contributed by atoms with Crippen LogP contribution in [0.4, 0.5) is 0 Å². The molecule has 0 spiro atoms. The monoisotopic (exact) mass is 333 g/mol. The first-order valence-electron chi connectivity index (χ1n) is 7.02. The Hall–Kier alpha value is -0.890. The van der Waals surface area contributed by atoms with Gasteiger partial charge in [0.25, 0.3) is 5.56 Å². The van der Waals surface area contributed by atoms with E-state index in [2.05, 4.69) is 14.6 Å². The molecule has 2 N–H and O–H groups in total. The van der Waals surface area contributed by atoms with E-state index in [-0.39, 0.29) is 16.0 Å². The number of hydrogen-bond donors (Lipinski definition) is 2. The van der Waals surface area contributed by atoms with E-state index < -0.39 is 15.6 Å². The van der Waals surface area contributed by atoms with Gasteiger partial charge in [-0.2, -0.15) is 0 Å². The highest BCUT2D eigenvalue weighted by atomic mass is 35.5. The molecule has 0 aliphatic carbocycles. The lowest BCUT2D eigenvalue weighted by molar-refractivity contribution is 0.175. The van der Waals surface area contributed by atoms with Gasteiger partial charge in [-0.1, -0.05) is 18.0 Å². The number of aromatic amines is 1. The van der Waals surface area contributed by atoms with E-state index in [1.807, 2.05) is 6.92 Å². The van der Waals surface area contributed by atoms with Crippen molar-refractivity contribution in [1.82, 2.24) is 14.6 Å². The summed E-state index contributed by atoms with van der Waals surface area (Å²) in [6.07, 6.45) is 4.71. The molecule has 2 heterocycles. The highest BCUT2D eigenvalue weighted by Crippen LogP contribution is 2.13. The van der Waals surface area contributed by atoms with Crippen molar-refractivity contribution in [2.24, 2.45) is 0 Å². The van der Waals surface area contributed by atoms with Crippen LogP contribution in [-0.4, -0.2) is 44.0 Å². The number of pyridine rings is 1. The molecule has 118 valence electrons. The molecule has 1 aromatic rings. The molecule has 0 amide bonds.